The van der Waals surface area contributed by atoms with E-state index in [-0.39, 0.29) is 33.2 Å². The Labute approximate surface area is 191 Å². The van der Waals surface area contributed by atoms with Crippen LogP contribution in [0.25, 0.3) is 5.76 Å². The van der Waals surface area contributed by atoms with Crippen LogP contribution in [0.15, 0.2) is 78.4 Å². The predicted octanol–water partition coefficient (Wildman–Crippen LogP) is 5.69. The largest absolute Gasteiger partial charge is 0.508 e. The highest BCUT2D eigenvalue weighted by Gasteiger charge is 2.47. The van der Waals surface area contributed by atoms with Gasteiger partial charge in [0, 0.05) is 16.3 Å². The monoisotopic (exact) mass is 473 g/mol. The van der Waals surface area contributed by atoms with E-state index in [1.165, 1.54) is 48.5 Å². The number of alkyl halides is 3. The van der Waals surface area contributed by atoms with Crippen LogP contribution in [0.5, 0.6) is 5.75 Å². The number of Topliss-reactive ketones (excluding diaryl/α,β-unsaturated/α-hetero) is 1. The van der Waals surface area contributed by atoms with Gasteiger partial charge in [-0.15, -0.1) is 0 Å². The number of aromatic hydroxyl groups is 1. The SMILES string of the molecule is O=C1C(=O)N(c2cccc(C(F)(F)F)c2)C(c2cccc(O)c2)/C1=C(\O)c1cccc(Cl)c1. The van der Waals surface area contributed by atoms with Gasteiger partial charge in [0.25, 0.3) is 11.7 Å². The maximum Gasteiger partial charge on any atom is 0.416 e. The molecule has 4 rings (SSSR count). The van der Waals surface area contributed by atoms with E-state index in [0.29, 0.717) is 0 Å². The molecule has 5 nitrogen and oxygen atoms in total. The van der Waals surface area contributed by atoms with Crippen molar-refractivity contribution in [2.24, 2.45) is 0 Å². The van der Waals surface area contributed by atoms with Crippen LogP contribution in [-0.2, 0) is 15.8 Å². The maximum atomic E-state index is 13.3. The van der Waals surface area contributed by atoms with E-state index in [0.717, 1.165) is 23.1 Å². The number of hydrogen-bond acceptors (Lipinski definition) is 4. The number of hydrogen-bond donors (Lipinski definition) is 2. The molecule has 9 heteroatoms. The fourth-order valence-corrected chi connectivity index (χ4v) is 3.92. The first-order valence-electron chi connectivity index (χ1n) is 9.61. The number of phenols is 1. The summed E-state index contributed by atoms with van der Waals surface area (Å²) in [4.78, 5) is 26.9. The Bertz CT molecular complexity index is 1300. The Morgan fingerprint density at radius 1 is 0.939 bits per heavy atom. The molecule has 0 aliphatic carbocycles. The van der Waals surface area contributed by atoms with Crippen LogP contribution in [0.3, 0.4) is 0 Å². The first-order chi connectivity index (χ1) is 15.6. The number of rotatable bonds is 3. The minimum atomic E-state index is -4.68. The average molecular weight is 474 g/mol. The summed E-state index contributed by atoms with van der Waals surface area (Å²) in [6, 6.07) is 14.2. The van der Waals surface area contributed by atoms with Gasteiger partial charge < -0.3 is 10.2 Å². The molecule has 1 atom stereocenters. The molecule has 3 aromatic rings. The molecule has 1 unspecified atom stereocenters. The molecule has 0 radical (unpaired) electrons. The molecule has 2 N–H and O–H groups in total. The summed E-state index contributed by atoms with van der Waals surface area (Å²) in [6.07, 6.45) is -4.68. The summed E-state index contributed by atoms with van der Waals surface area (Å²) in [6.45, 7) is 0. The number of ketones is 1. The second-order valence-corrected chi connectivity index (χ2v) is 7.76. The summed E-state index contributed by atoms with van der Waals surface area (Å²) in [5.41, 5.74) is -1.17. The molecular weight excluding hydrogens is 459 g/mol. The lowest BCUT2D eigenvalue weighted by molar-refractivity contribution is -0.137. The Morgan fingerprint density at radius 3 is 2.30 bits per heavy atom. The van der Waals surface area contributed by atoms with Gasteiger partial charge in [0.2, 0.25) is 0 Å². The quantitative estimate of drug-likeness (QED) is 0.291. The van der Waals surface area contributed by atoms with Gasteiger partial charge in [-0.25, -0.2) is 0 Å². The number of carbonyl (C=O) groups excluding carboxylic acids is 2. The molecule has 1 fully saturated rings. The smallest absolute Gasteiger partial charge is 0.416 e. The minimum absolute atomic E-state index is 0.148. The summed E-state index contributed by atoms with van der Waals surface area (Å²) < 4.78 is 39.9. The lowest BCUT2D eigenvalue weighted by atomic mass is 9.95. The Hall–Kier alpha value is -3.78. The van der Waals surface area contributed by atoms with Gasteiger partial charge in [-0.2, -0.15) is 13.2 Å². The molecule has 3 aromatic carbocycles. The zero-order valence-electron chi connectivity index (χ0n) is 16.7. The van der Waals surface area contributed by atoms with Crippen LogP contribution in [0.4, 0.5) is 18.9 Å². The third kappa shape index (κ3) is 4.17. The molecule has 0 bridgehead atoms. The molecule has 1 aliphatic heterocycles. The number of carbonyl (C=O) groups is 2. The van der Waals surface area contributed by atoms with Gasteiger partial charge in [0.15, 0.2) is 0 Å². The Balaban J connectivity index is 1.97. The summed E-state index contributed by atoms with van der Waals surface area (Å²) in [5.74, 6) is -2.94. The highest BCUT2D eigenvalue weighted by Crippen LogP contribution is 2.44. The predicted molar refractivity (Wildman–Crippen MR) is 116 cm³/mol. The van der Waals surface area contributed by atoms with Crippen LogP contribution in [-0.4, -0.2) is 21.9 Å². The molecule has 0 saturated carbocycles. The van der Waals surface area contributed by atoms with Gasteiger partial charge in [-0.1, -0.05) is 41.9 Å². The number of phenolic OH excluding ortho intramolecular Hbond substituents is 1. The van der Waals surface area contributed by atoms with Crippen molar-refractivity contribution in [3.05, 3.63) is 100 Å². The highest BCUT2D eigenvalue weighted by molar-refractivity contribution is 6.51. The molecule has 168 valence electrons. The lowest BCUT2D eigenvalue weighted by Crippen LogP contribution is -2.29. The van der Waals surface area contributed by atoms with Crippen molar-refractivity contribution in [3.8, 4) is 5.75 Å². The fourth-order valence-electron chi connectivity index (χ4n) is 3.73. The van der Waals surface area contributed by atoms with E-state index >= 15 is 0 Å². The van der Waals surface area contributed by atoms with E-state index in [1.54, 1.807) is 6.07 Å². The Morgan fingerprint density at radius 2 is 1.64 bits per heavy atom. The number of anilines is 1. The van der Waals surface area contributed by atoms with Crippen molar-refractivity contribution in [1.82, 2.24) is 0 Å². The maximum absolute atomic E-state index is 13.3. The summed E-state index contributed by atoms with van der Waals surface area (Å²) >= 11 is 5.98. The highest BCUT2D eigenvalue weighted by atomic mass is 35.5. The second kappa shape index (κ2) is 8.29. The first kappa shape index (κ1) is 22.4. The normalized spacial score (nSPS) is 18.1. The van der Waals surface area contributed by atoms with E-state index in [1.807, 2.05) is 0 Å². The summed E-state index contributed by atoms with van der Waals surface area (Å²) in [7, 11) is 0. The number of halogens is 4. The zero-order valence-corrected chi connectivity index (χ0v) is 17.4. The number of nitrogens with zero attached hydrogens (tertiary/aromatic N) is 1. The van der Waals surface area contributed by atoms with Gasteiger partial charge in [0.05, 0.1) is 17.2 Å². The van der Waals surface area contributed by atoms with Gasteiger partial charge in [-0.05, 0) is 48.0 Å². The van der Waals surface area contributed by atoms with Crippen LogP contribution in [0.2, 0.25) is 5.02 Å². The number of amides is 1. The first-order valence-corrected chi connectivity index (χ1v) is 9.99. The van der Waals surface area contributed by atoms with Crippen LogP contribution >= 0.6 is 11.6 Å². The van der Waals surface area contributed by atoms with Crippen molar-refractivity contribution < 1.29 is 33.0 Å². The van der Waals surface area contributed by atoms with E-state index in [2.05, 4.69) is 0 Å². The average Bonchev–Trinajstić information content (AvgIpc) is 3.03. The van der Waals surface area contributed by atoms with Crippen molar-refractivity contribution in [2.75, 3.05) is 4.90 Å². The van der Waals surface area contributed by atoms with Crippen molar-refractivity contribution in [1.29, 1.82) is 0 Å². The fraction of sp³-hybridized carbons (Fsp3) is 0.0833. The lowest BCUT2D eigenvalue weighted by Gasteiger charge is -2.26. The number of aliphatic hydroxyl groups excluding tert-OH is 1. The van der Waals surface area contributed by atoms with Crippen LogP contribution in [0, 0.1) is 0 Å². The second-order valence-electron chi connectivity index (χ2n) is 7.32. The molecular formula is C24H15ClF3NO4. The zero-order chi connectivity index (χ0) is 23.9. The summed E-state index contributed by atoms with van der Waals surface area (Å²) in [5, 5.41) is 21.2. The topological polar surface area (TPSA) is 77.8 Å². The molecule has 1 saturated heterocycles. The van der Waals surface area contributed by atoms with Gasteiger partial charge in [-0.3, -0.25) is 14.5 Å². The van der Waals surface area contributed by atoms with Gasteiger partial charge >= 0.3 is 6.18 Å². The molecule has 0 aromatic heterocycles. The molecule has 1 heterocycles. The number of benzene rings is 3. The van der Waals surface area contributed by atoms with Crippen molar-refractivity contribution >= 4 is 34.7 Å². The van der Waals surface area contributed by atoms with Crippen molar-refractivity contribution in [3.63, 3.8) is 0 Å². The Kier molecular flexibility index (Phi) is 5.63. The van der Waals surface area contributed by atoms with Gasteiger partial charge in [0.1, 0.15) is 11.5 Å². The molecule has 33 heavy (non-hydrogen) atoms. The minimum Gasteiger partial charge on any atom is -0.508 e. The van der Waals surface area contributed by atoms with Crippen LogP contribution in [0.1, 0.15) is 22.7 Å². The van der Waals surface area contributed by atoms with Crippen LogP contribution < -0.4 is 4.90 Å². The molecule has 1 aliphatic rings. The van der Waals surface area contributed by atoms with Crippen molar-refractivity contribution in [2.45, 2.75) is 12.2 Å². The molecule has 0 spiro atoms. The van der Waals surface area contributed by atoms with E-state index in [4.69, 9.17) is 11.6 Å². The van der Waals surface area contributed by atoms with E-state index in [9.17, 15) is 33.0 Å². The standard InChI is InChI=1S/C24H15ClF3NO4/c25-16-7-1-5-14(10-16)21(31)19-20(13-4-2-9-18(30)11-13)29(23(33)22(19)32)17-8-3-6-15(12-17)24(26,27)28/h1-12,20,30-31H/b21-19+. The third-order valence-corrected chi connectivity index (χ3v) is 5.42. The molecule has 1 amide bonds. The third-order valence-electron chi connectivity index (χ3n) is 5.18. The number of aliphatic hydroxyl groups is 1. The van der Waals surface area contributed by atoms with E-state index < -0.39 is 35.2 Å².